The van der Waals surface area contributed by atoms with E-state index in [1.807, 2.05) is 4.72 Å². The lowest BCUT2D eigenvalue weighted by Crippen LogP contribution is -2.31. The SMILES string of the molecule is Cc1c(Cl)cccc1S(=O)(=O)NC(=O)c1cc(-n2cccn2)ccc1Cl. The van der Waals surface area contributed by atoms with E-state index in [0.717, 1.165) is 0 Å². The van der Waals surface area contributed by atoms with Crippen molar-refractivity contribution in [3.63, 3.8) is 0 Å². The Morgan fingerprint density at radius 3 is 2.58 bits per heavy atom. The maximum Gasteiger partial charge on any atom is 0.266 e. The Kier molecular flexibility index (Phi) is 5.04. The summed E-state index contributed by atoms with van der Waals surface area (Å²) in [6, 6.07) is 10.8. The van der Waals surface area contributed by atoms with Gasteiger partial charge in [0.25, 0.3) is 15.9 Å². The number of carbonyl (C=O) groups excluding carboxylic acids is 1. The second kappa shape index (κ2) is 7.11. The molecule has 134 valence electrons. The average molecular weight is 410 g/mol. The number of carbonyl (C=O) groups is 1. The number of nitrogens with zero attached hydrogens (tertiary/aromatic N) is 2. The first-order chi connectivity index (χ1) is 12.3. The number of benzene rings is 2. The molecule has 1 N–H and O–H groups in total. The molecule has 0 fully saturated rings. The number of rotatable bonds is 4. The summed E-state index contributed by atoms with van der Waals surface area (Å²) >= 11 is 12.0. The summed E-state index contributed by atoms with van der Waals surface area (Å²) in [6.45, 7) is 1.56. The zero-order valence-electron chi connectivity index (χ0n) is 13.5. The van der Waals surface area contributed by atoms with Crippen molar-refractivity contribution in [2.75, 3.05) is 0 Å². The minimum atomic E-state index is -4.11. The number of aromatic nitrogens is 2. The molecule has 0 saturated carbocycles. The quantitative estimate of drug-likeness (QED) is 0.713. The fourth-order valence-corrected chi connectivity index (χ4v) is 4.03. The molecule has 0 unspecified atom stereocenters. The highest BCUT2D eigenvalue weighted by molar-refractivity contribution is 7.90. The number of sulfonamides is 1. The van der Waals surface area contributed by atoms with Crippen LogP contribution in [-0.4, -0.2) is 24.1 Å². The summed E-state index contributed by atoms with van der Waals surface area (Å²) in [5, 5.41) is 4.48. The Bertz CT molecular complexity index is 1080. The molecule has 0 aliphatic carbocycles. The molecular formula is C17H13Cl2N3O3S. The highest BCUT2D eigenvalue weighted by Gasteiger charge is 2.23. The standard InChI is InChI=1S/C17H13Cl2N3O3S/c1-11-14(18)4-2-5-16(11)26(24,25)21-17(23)13-10-12(6-7-15(13)19)22-9-3-8-20-22/h2-10H,1H3,(H,21,23). The van der Waals surface area contributed by atoms with Crippen molar-refractivity contribution in [1.29, 1.82) is 0 Å². The van der Waals surface area contributed by atoms with E-state index < -0.39 is 15.9 Å². The van der Waals surface area contributed by atoms with Gasteiger partial charge in [-0.15, -0.1) is 0 Å². The molecule has 0 aliphatic rings. The van der Waals surface area contributed by atoms with Gasteiger partial charge in [0.1, 0.15) is 0 Å². The lowest BCUT2D eigenvalue weighted by molar-refractivity contribution is 0.0981. The molecule has 0 spiro atoms. The predicted molar refractivity (Wildman–Crippen MR) is 99.4 cm³/mol. The van der Waals surface area contributed by atoms with Crippen molar-refractivity contribution >= 4 is 39.1 Å². The van der Waals surface area contributed by atoms with E-state index in [1.165, 1.54) is 28.9 Å². The van der Waals surface area contributed by atoms with E-state index >= 15 is 0 Å². The molecule has 3 aromatic rings. The van der Waals surface area contributed by atoms with E-state index in [9.17, 15) is 13.2 Å². The molecular weight excluding hydrogens is 397 g/mol. The number of hydrogen-bond donors (Lipinski definition) is 1. The van der Waals surface area contributed by atoms with Crippen LogP contribution in [0, 0.1) is 6.92 Å². The molecule has 1 aromatic heterocycles. The molecule has 26 heavy (non-hydrogen) atoms. The Balaban J connectivity index is 1.95. The molecule has 9 heteroatoms. The first kappa shape index (κ1) is 18.4. The van der Waals surface area contributed by atoms with Crippen LogP contribution in [0.2, 0.25) is 10.0 Å². The molecule has 0 atom stereocenters. The van der Waals surface area contributed by atoms with Gasteiger partial charge in [-0.3, -0.25) is 4.79 Å². The summed E-state index contributed by atoms with van der Waals surface area (Å²) in [4.78, 5) is 12.5. The van der Waals surface area contributed by atoms with Crippen molar-refractivity contribution in [1.82, 2.24) is 14.5 Å². The normalized spacial score (nSPS) is 11.3. The van der Waals surface area contributed by atoms with Crippen molar-refractivity contribution < 1.29 is 13.2 Å². The summed E-state index contributed by atoms with van der Waals surface area (Å²) in [5.74, 6) is -0.844. The van der Waals surface area contributed by atoms with Crippen molar-refractivity contribution in [3.8, 4) is 5.69 Å². The van der Waals surface area contributed by atoms with Crippen LogP contribution in [-0.2, 0) is 10.0 Å². The Morgan fingerprint density at radius 1 is 1.12 bits per heavy atom. The van der Waals surface area contributed by atoms with Gasteiger partial charge >= 0.3 is 0 Å². The van der Waals surface area contributed by atoms with Gasteiger partial charge in [-0.25, -0.2) is 17.8 Å². The van der Waals surface area contributed by atoms with Gasteiger partial charge in [0.05, 0.1) is 21.2 Å². The molecule has 1 heterocycles. The third-order valence-corrected chi connectivity index (χ3v) is 5.91. The smallest absolute Gasteiger partial charge is 0.266 e. The largest absolute Gasteiger partial charge is 0.268 e. The third-order valence-electron chi connectivity index (χ3n) is 3.70. The van der Waals surface area contributed by atoms with E-state index in [4.69, 9.17) is 23.2 Å². The number of amides is 1. The van der Waals surface area contributed by atoms with Crippen LogP contribution < -0.4 is 4.72 Å². The first-order valence-corrected chi connectivity index (χ1v) is 9.65. The molecule has 2 aromatic carbocycles. The van der Waals surface area contributed by atoms with Gasteiger partial charge < -0.3 is 0 Å². The van der Waals surface area contributed by atoms with E-state index in [0.29, 0.717) is 16.3 Å². The van der Waals surface area contributed by atoms with Gasteiger partial charge in [0.2, 0.25) is 0 Å². The Hall–Kier alpha value is -2.35. The highest BCUT2D eigenvalue weighted by Crippen LogP contribution is 2.24. The van der Waals surface area contributed by atoms with Crippen LogP contribution >= 0.6 is 23.2 Å². The van der Waals surface area contributed by atoms with Crippen molar-refractivity contribution in [3.05, 3.63) is 76.0 Å². The van der Waals surface area contributed by atoms with Gasteiger partial charge in [0, 0.05) is 17.4 Å². The Morgan fingerprint density at radius 2 is 1.88 bits per heavy atom. The minimum absolute atomic E-state index is 0.0166. The van der Waals surface area contributed by atoms with E-state index in [-0.39, 0.29) is 15.5 Å². The van der Waals surface area contributed by atoms with Crippen LogP contribution in [0.1, 0.15) is 15.9 Å². The molecule has 0 aliphatic heterocycles. The predicted octanol–water partition coefficient (Wildman–Crippen LogP) is 3.61. The van der Waals surface area contributed by atoms with Crippen molar-refractivity contribution in [2.45, 2.75) is 11.8 Å². The fraction of sp³-hybridized carbons (Fsp3) is 0.0588. The first-order valence-electron chi connectivity index (χ1n) is 7.41. The Labute approximate surface area is 160 Å². The van der Waals surface area contributed by atoms with Crippen LogP contribution in [0.3, 0.4) is 0 Å². The molecule has 0 saturated heterocycles. The maximum absolute atomic E-state index is 12.6. The third kappa shape index (κ3) is 3.60. The maximum atomic E-state index is 12.6. The second-order valence-electron chi connectivity index (χ2n) is 5.41. The summed E-state index contributed by atoms with van der Waals surface area (Å²) < 4.78 is 28.7. The number of halogens is 2. The van der Waals surface area contributed by atoms with Gasteiger partial charge in [0.15, 0.2) is 0 Å². The summed E-state index contributed by atoms with van der Waals surface area (Å²) in [7, 11) is -4.11. The zero-order chi connectivity index (χ0) is 18.9. The minimum Gasteiger partial charge on any atom is -0.268 e. The molecule has 0 radical (unpaired) electrons. The summed E-state index contributed by atoms with van der Waals surface area (Å²) in [6.07, 6.45) is 3.28. The van der Waals surface area contributed by atoms with Gasteiger partial charge in [-0.05, 0) is 48.9 Å². The lowest BCUT2D eigenvalue weighted by Gasteiger charge is -2.12. The zero-order valence-corrected chi connectivity index (χ0v) is 15.8. The van der Waals surface area contributed by atoms with E-state index in [1.54, 1.807) is 37.5 Å². The summed E-state index contributed by atoms with van der Waals surface area (Å²) in [5.41, 5.74) is 0.940. The van der Waals surface area contributed by atoms with Gasteiger partial charge in [-0.2, -0.15) is 5.10 Å². The highest BCUT2D eigenvalue weighted by atomic mass is 35.5. The molecule has 0 bridgehead atoms. The number of nitrogens with one attached hydrogen (secondary N) is 1. The van der Waals surface area contributed by atoms with Crippen molar-refractivity contribution in [2.24, 2.45) is 0 Å². The van der Waals surface area contributed by atoms with Crippen LogP contribution in [0.5, 0.6) is 0 Å². The van der Waals surface area contributed by atoms with Crippen LogP contribution in [0.4, 0.5) is 0 Å². The molecule has 6 nitrogen and oxygen atoms in total. The van der Waals surface area contributed by atoms with Crippen LogP contribution in [0.25, 0.3) is 5.69 Å². The molecule has 1 amide bonds. The number of hydrogen-bond acceptors (Lipinski definition) is 4. The monoisotopic (exact) mass is 409 g/mol. The lowest BCUT2D eigenvalue weighted by atomic mass is 10.2. The van der Waals surface area contributed by atoms with E-state index in [2.05, 4.69) is 5.10 Å². The fourth-order valence-electron chi connectivity index (χ4n) is 2.36. The topological polar surface area (TPSA) is 81.1 Å². The van der Waals surface area contributed by atoms with Gasteiger partial charge in [-0.1, -0.05) is 29.3 Å². The second-order valence-corrected chi connectivity index (χ2v) is 7.88. The van der Waals surface area contributed by atoms with Crippen LogP contribution in [0.15, 0.2) is 59.8 Å². The average Bonchev–Trinajstić information content (AvgIpc) is 3.11. The molecule has 3 rings (SSSR count).